The summed E-state index contributed by atoms with van der Waals surface area (Å²) in [7, 11) is 0. The van der Waals surface area contributed by atoms with E-state index in [0.29, 0.717) is 30.9 Å². The van der Waals surface area contributed by atoms with Gasteiger partial charge in [-0.1, -0.05) is 13.3 Å². The molecule has 0 atom stereocenters. The van der Waals surface area contributed by atoms with Crippen LogP contribution >= 0.6 is 0 Å². The summed E-state index contributed by atoms with van der Waals surface area (Å²) in [6, 6.07) is 0. The molecule has 100 valence electrons. The summed E-state index contributed by atoms with van der Waals surface area (Å²) in [6.07, 6.45) is 2.39. The Labute approximate surface area is 105 Å². The fraction of sp³-hybridized carbons (Fsp3) is 0.583. The third-order valence-electron chi connectivity index (χ3n) is 2.61. The lowest BCUT2D eigenvalue weighted by Crippen LogP contribution is -2.37. The van der Waals surface area contributed by atoms with Gasteiger partial charge in [0.05, 0.1) is 0 Å². The molecule has 0 aliphatic carbocycles. The fourth-order valence-corrected chi connectivity index (χ4v) is 1.57. The van der Waals surface area contributed by atoms with E-state index in [9.17, 15) is 14.4 Å². The molecule has 3 N–H and O–H groups in total. The van der Waals surface area contributed by atoms with Crippen molar-refractivity contribution in [3.63, 3.8) is 0 Å². The van der Waals surface area contributed by atoms with Crippen LogP contribution in [-0.4, -0.2) is 24.2 Å². The van der Waals surface area contributed by atoms with E-state index in [1.807, 2.05) is 6.92 Å². The van der Waals surface area contributed by atoms with E-state index < -0.39 is 16.8 Å². The molecule has 0 bridgehead atoms. The Balaban J connectivity index is 2.45. The molecule has 6 nitrogen and oxygen atoms in total. The molecule has 0 unspecified atom stereocenters. The summed E-state index contributed by atoms with van der Waals surface area (Å²) in [4.78, 5) is 32.9. The van der Waals surface area contributed by atoms with Gasteiger partial charge in [0.1, 0.15) is 11.4 Å². The number of nitrogens with one attached hydrogen (secondary N) is 2. The highest BCUT2D eigenvalue weighted by Gasteiger charge is 2.19. The summed E-state index contributed by atoms with van der Waals surface area (Å²) in [5.41, 5.74) is -0.388. The molecule has 0 aromatic heterocycles. The molecular formula is C12H18N2O4. The number of carboxylic acids is 1. The van der Waals surface area contributed by atoms with Gasteiger partial charge in [-0.2, -0.15) is 0 Å². The van der Waals surface area contributed by atoms with Gasteiger partial charge in [0.25, 0.3) is 10.9 Å². The van der Waals surface area contributed by atoms with E-state index in [0.717, 1.165) is 12.8 Å². The Kier molecular flexibility index (Phi) is 5.35. The van der Waals surface area contributed by atoms with Crippen molar-refractivity contribution in [2.24, 2.45) is 0 Å². The monoisotopic (exact) mass is 254 g/mol. The van der Waals surface area contributed by atoms with Gasteiger partial charge in [-0.05, 0) is 12.8 Å². The highest BCUT2D eigenvalue weighted by molar-refractivity contribution is 5.74. The van der Waals surface area contributed by atoms with Gasteiger partial charge in [-0.15, -0.1) is 0 Å². The number of carbonyl (C=O) groups is 1. The van der Waals surface area contributed by atoms with Gasteiger partial charge < -0.3 is 15.7 Å². The van der Waals surface area contributed by atoms with Crippen molar-refractivity contribution < 1.29 is 9.90 Å². The van der Waals surface area contributed by atoms with Crippen LogP contribution in [0.1, 0.15) is 32.6 Å². The second-order valence-corrected chi connectivity index (χ2v) is 4.11. The average Bonchev–Trinajstić information content (AvgIpc) is 2.35. The summed E-state index contributed by atoms with van der Waals surface area (Å²) in [5, 5.41) is 14.2. The summed E-state index contributed by atoms with van der Waals surface area (Å²) in [6.45, 7) is 3.07. The van der Waals surface area contributed by atoms with Crippen LogP contribution in [0, 0.1) is 0 Å². The molecule has 0 saturated heterocycles. The summed E-state index contributed by atoms with van der Waals surface area (Å²) < 4.78 is 0. The van der Waals surface area contributed by atoms with E-state index in [4.69, 9.17) is 5.11 Å². The first-order valence-corrected chi connectivity index (χ1v) is 6.10. The smallest absolute Gasteiger partial charge is 0.303 e. The molecule has 0 spiro atoms. The van der Waals surface area contributed by atoms with E-state index in [1.54, 1.807) is 0 Å². The van der Waals surface area contributed by atoms with Crippen molar-refractivity contribution >= 4 is 17.3 Å². The van der Waals surface area contributed by atoms with E-state index >= 15 is 0 Å². The minimum Gasteiger partial charge on any atom is -0.481 e. The highest BCUT2D eigenvalue weighted by atomic mass is 16.4. The minimum absolute atomic E-state index is 0.0427. The standard InChI is InChI=1S/C12H18N2O4/c1-2-3-6-13-9-10(12(18)11(9)17)14-7-4-5-8(15)16/h13-14H,2-7H2,1H3,(H,15,16). The van der Waals surface area contributed by atoms with Gasteiger partial charge in [0, 0.05) is 19.5 Å². The topological polar surface area (TPSA) is 95.5 Å². The van der Waals surface area contributed by atoms with Crippen LogP contribution < -0.4 is 21.5 Å². The van der Waals surface area contributed by atoms with Crippen molar-refractivity contribution in [1.29, 1.82) is 0 Å². The van der Waals surface area contributed by atoms with Gasteiger partial charge >= 0.3 is 5.97 Å². The molecule has 6 heteroatoms. The SMILES string of the molecule is CCCCNc1c(NCCCC(=O)O)c(=O)c1=O. The second-order valence-electron chi connectivity index (χ2n) is 4.11. The molecule has 0 aliphatic heterocycles. The molecule has 1 aromatic rings. The Bertz CT molecular complexity index is 474. The molecule has 0 heterocycles. The first-order chi connectivity index (χ1) is 8.57. The van der Waals surface area contributed by atoms with Crippen LogP contribution in [-0.2, 0) is 4.79 Å². The lowest BCUT2D eigenvalue weighted by atomic mass is 10.1. The van der Waals surface area contributed by atoms with Crippen LogP contribution in [0.4, 0.5) is 11.4 Å². The molecule has 0 radical (unpaired) electrons. The Morgan fingerprint density at radius 1 is 1.06 bits per heavy atom. The first kappa shape index (κ1) is 14.2. The lowest BCUT2D eigenvalue weighted by molar-refractivity contribution is -0.137. The largest absolute Gasteiger partial charge is 0.481 e. The molecule has 1 rings (SSSR count). The maximum atomic E-state index is 11.3. The van der Waals surface area contributed by atoms with Crippen LogP contribution in [0.15, 0.2) is 9.59 Å². The zero-order valence-electron chi connectivity index (χ0n) is 10.4. The van der Waals surface area contributed by atoms with Crippen LogP contribution in [0.25, 0.3) is 0 Å². The molecule has 0 aliphatic rings. The maximum absolute atomic E-state index is 11.3. The zero-order chi connectivity index (χ0) is 13.5. The molecule has 0 fully saturated rings. The number of hydrogen-bond donors (Lipinski definition) is 3. The zero-order valence-corrected chi connectivity index (χ0v) is 10.4. The van der Waals surface area contributed by atoms with E-state index in [1.165, 1.54) is 0 Å². The van der Waals surface area contributed by atoms with Crippen LogP contribution in [0.3, 0.4) is 0 Å². The first-order valence-electron chi connectivity index (χ1n) is 6.10. The Morgan fingerprint density at radius 3 is 2.00 bits per heavy atom. The molecular weight excluding hydrogens is 236 g/mol. The molecule has 0 amide bonds. The second kappa shape index (κ2) is 6.78. The fourth-order valence-electron chi connectivity index (χ4n) is 1.57. The van der Waals surface area contributed by atoms with Crippen LogP contribution in [0.2, 0.25) is 0 Å². The van der Waals surface area contributed by atoms with Gasteiger partial charge in [0.15, 0.2) is 0 Å². The van der Waals surface area contributed by atoms with Crippen molar-refractivity contribution in [2.45, 2.75) is 32.6 Å². The normalized spacial score (nSPS) is 10.5. The van der Waals surface area contributed by atoms with Gasteiger partial charge in [-0.25, -0.2) is 0 Å². The third kappa shape index (κ3) is 3.58. The highest BCUT2D eigenvalue weighted by Crippen LogP contribution is 2.14. The minimum atomic E-state index is -0.872. The average molecular weight is 254 g/mol. The van der Waals surface area contributed by atoms with Crippen molar-refractivity contribution in [1.82, 2.24) is 0 Å². The number of rotatable bonds is 9. The quantitative estimate of drug-likeness (QED) is 0.445. The predicted octanol–water partition coefficient (Wildman–Crippen LogP) is 0.771. The number of anilines is 2. The van der Waals surface area contributed by atoms with Gasteiger partial charge in [0.2, 0.25) is 0 Å². The number of carboxylic acid groups (broad SMARTS) is 1. The number of aliphatic carboxylic acids is 1. The van der Waals surface area contributed by atoms with E-state index in [-0.39, 0.29) is 6.42 Å². The van der Waals surface area contributed by atoms with Crippen molar-refractivity contribution in [3.05, 3.63) is 20.4 Å². The van der Waals surface area contributed by atoms with Crippen molar-refractivity contribution in [3.8, 4) is 0 Å². The van der Waals surface area contributed by atoms with Gasteiger partial charge in [-0.3, -0.25) is 14.4 Å². The van der Waals surface area contributed by atoms with Crippen LogP contribution in [0.5, 0.6) is 0 Å². The summed E-state index contributed by atoms with van der Waals surface area (Å²) in [5.74, 6) is -0.872. The number of unbranched alkanes of at least 4 members (excludes halogenated alkanes) is 1. The van der Waals surface area contributed by atoms with E-state index in [2.05, 4.69) is 10.6 Å². The third-order valence-corrected chi connectivity index (χ3v) is 2.61. The Morgan fingerprint density at radius 2 is 1.56 bits per heavy atom. The summed E-state index contributed by atoms with van der Waals surface area (Å²) >= 11 is 0. The maximum Gasteiger partial charge on any atom is 0.303 e. The Hall–Kier alpha value is -1.85. The van der Waals surface area contributed by atoms with Crippen molar-refractivity contribution in [2.75, 3.05) is 23.7 Å². The lowest BCUT2D eigenvalue weighted by Gasteiger charge is -2.14. The molecule has 18 heavy (non-hydrogen) atoms. The number of hydrogen-bond acceptors (Lipinski definition) is 5. The molecule has 0 saturated carbocycles. The molecule has 1 aromatic carbocycles. The predicted molar refractivity (Wildman–Crippen MR) is 70.1 cm³/mol.